The quantitative estimate of drug-likeness (QED) is 0.888. The lowest BCUT2D eigenvalue weighted by atomic mass is 10.0. The van der Waals surface area contributed by atoms with Gasteiger partial charge < -0.3 is 15.0 Å². The molecule has 1 unspecified atom stereocenters. The Morgan fingerprint density at radius 3 is 2.87 bits per heavy atom. The first kappa shape index (κ1) is 16.1. The first-order chi connectivity index (χ1) is 11.0. The van der Waals surface area contributed by atoms with Crippen molar-refractivity contribution in [2.24, 2.45) is 0 Å². The van der Waals surface area contributed by atoms with E-state index in [-0.39, 0.29) is 5.02 Å². The van der Waals surface area contributed by atoms with E-state index in [9.17, 15) is 4.39 Å². The molecule has 1 aliphatic heterocycles. The summed E-state index contributed by atoms with van der Waals surface area (Å²) in [5, 5.41) is 3.08. The zero-order valence-electron chi connectivity index (χ0n) is 13.5. The second-order valence-electron chi connectivity index (χ2n) is 6.01. The predicted molar refractivity (Wildman–Crippen MR) is 92.4 cm³/mol. The van der Waals surface area contributed by atoms with Crippen LogP contribution in [-0.2, 0) is 6.54 Å². The monoisotopic (exact) mass is 334 g/mol. The molecule has 0 amide bonds. The van der Waals surface area contributed by atoms with Gasteiger partial charge in [-0.25, -0.2) is 4.39 Å². The summed E-state index contributed by atoms with van der Waals surface area (Å²) < 4.78 is 19.7. The van der Waals surface area contributed by atoms with E-state index in [0.717, 1.165) is 17.9 Å². The maximum absolute atomic E-state index is 13.7. The number of benzene rings is 2. The van der Waals surface area contributed by atoms with Gasteiger partial charge in [0.25, 0.3) is 0 Å². The van der Waals surface area contributed by atoms with Gasteiger partial charge in [-0.05, 0) is 36.9 Å². The van der Waals surface area contributed by atoms with Crippen LogP contribution in [0.15, 0.2) is 30.3 Å². The van der Waals surface area contributed by atoms with E-state index >= 15 is 0 Å². The van der Waals surface area contributed by atoms with Crippen LogP contribution < -0.4 is 15.0 Å². The SMILES string of the molecule is CNCc1cc(F)c(Cl)cc1Oc1ccc2c(c1)C(C)CN2C. The maximum Gasteiger partial charge on any atom is 0.142 e. The van der Waals surface area contributed by atoms with Gasteiger partial charge in [0.2, 0.25) is 0 Å². The highest BCUT2D eigenvalue weighted by atomic mass is 35.5. The summed E-state index contributed by atoms with van der Waals surface area (Å²) in [5.41, 5.74) is 3.24. The summed E-state index contributed by atoms with van der Waals surface area (Å²) in [4.78, 5) is 2.24. The Morgan fingerprint density at radius 2 is 2.13 bits per heavy atom. The van der Waals surface area contributed by atoms with Gasteiger partial charge in [0.15, 0.2) is 0 Å². The van der Waals surface area contributed by atoms with Crippen LogP contribution in [0, 0.1) is 5.82 Å². The molecule has 0 aliphatic carbocycles. The highest BCUT2D eigenvalue weighted by Gasteiger charge is 2.23. The van der Waals surface area contributed by atoms with E-state index in [1.54, 1.807) is 0 Å². The number of nitrogens with one attached hydrogen (secondary N) is 1. The number of hydrogen-bond donors (Lipinski definition) is 1. The zero-order chi connectivity index (χ0) is 16.6. The van der Waals surface area contributed by atoms with Crippen molar-refractivity contribution >= 4 is 17.3 Å². The standard InChI is InChI=1S/C18H20ClFN2O/c1-11-10-22(3)17-5-4-13(7-14(11)17)23-18-8-15(19)16(20)6-12(18)9-21-2/h4-8,11,21H,9-10H2,1-3H3. The third-order valence-corrected chi connectivity index (χ3v) is 4.48. The third-order valence-electron chi connectivity index (χ3n) is 4.19. The minimum absolute atomic E-state index is 0.0640. The normalized spacial score (nSPS) is 16.6. The van der Waals surface area contributed by atoms with Crippen LogP contribution in [0.3, 0.4) is 0 Å². The molecule has 0 bridgehead atoms. The van der Waals surface area contributed by atoms with Crippen LogP contribution >= 0.6 is 11.6 Å². The molecule has 0 saturated carbocycles. The average Bonchev–Trinajstić information content (AvgIpc) is 2.79. The van der Waals surface area contributed by atoms with Crippen LogP contribution in [0.5, 0.6) is 11.5 Å². The highest BCUT2D eigenvalue weighted by molar-refractivity contribution is 6.30. The molecular weight excluding hydrogens is 315 g/mol. The van der Waals surface area contributed by atoms with Gasteiger partial charge in [-0.3, -0.25) is 0 Å². The summed E-state index contributed by atoms with van der Waals surface area (Å²) in [7, 11) is 3.90. The van der Waals surface area contributed by atoms with E-state index in [1.165, 1.54) is 23.4 Å². The van der Waals surface area contributed by atoms with Crippen LogP contribution in [-0.4, -0.2) is 20.6 Å². The molecule has 0 fully saturated rings. The third kappa shape index (κ3) is 3.14. The summed E-state index contributed by atoms with van der Waals surface area (Å²) in [5.74, 6) is 1.34. The van der Waals surface area contributed by atoms with Crippen LogP contribution in [0.1, 0.15) is 24.0 Å². The summed E-state index contributed by atoms with van der Waals surface area (Å²) >= 11 is 5.91. The summed E-state index contributed by atoms with van der Waals surface area (Å²) in [6.07, 6.45) is 0. The van der Waals surface area contributed by atoms with Crippen LogP contribution in [0.25, 0.3) is 0 Å². The molecule has 122 valence electrons. The number of rotatable bonds is 4. The highest BCUT2D eigenvalue weighted by Crippen LogP contribution is 2.39. The fourth-order valence-corrected chi connectivity index (χ4v) is 3.22. The molecule has 0 saturated heterocycles. The number of halogens is 2. The summed E-state index contributed by atoms with van der Waals surface area (Å²) in [6.45, 7) is 3.72. The number of anilines is 1. The molecule has 2 aromatic rings. The molecule has 0 radical (unpaired) electrons. The Bertz CT molecular complexity index is 735. The molecule has 23 heavy (non-hydrogen) atoms. The fraction of sp³-hybridized carbons (Fsp3) is 0.333. The molecular formula is C18H20ClFN2O. The van der Waals surface area contributed by atoms with Crippen molar-refractivity contribution in [2.45, 2.75) is 19.4 Å². The van der Waals surface area contributed by atoms with Gasteiger partial charge >= 0.3 is 0 Å². The Balaban J connectivity index is 1.94. The van der Waals surface area contributed by atoms with E-state index in [4.69, 9.17) is 16.3 Å². The minimum atomic E-state index is -0.437. The number of likely N-dealkylation sites (N-methyl/N-ethyl adjacent to an activating group) is 1. The summed E-state index contributed by atoms with van der Waals surface area (Å²) in [6, 6.07) is 9.01. The second-order valence-corrected chi connectivity index (χ2v) is 6.42. The molecule has 2 aromatic carbocycles. The lowest BCUT2D eigenvalue weighted by molar-refractivity contribution is 0.471. The molecule has 1 aliphatic rings. The van der Waals surface area contributed by atoms with Crippen molar-refractivity contribution in [3.05, 3.63) is 52.3 Å². The maximum atomic E-state index is 13.7. The fourth-order valence-electron chi connectivity index (χ4n) is 3.07. The average molecular weight is 335 g/mol. The van der Waals surface area contributed by atoms with Gasteiger partial charge in [-0.2, -0.15) is 0 Å². The number of fused-ring (bicyclic) bond motifs is 1. The van der Waals surface area contributed by atoms with E-state index in [2.05, 4.69) is 36.3 Å². The lowest BCUT2D eigenvalue weighted by Gasteiger charge is -2.14. The van der Waals surface area contributed by atoms with Gasteiger partial charge in [-0.15, -0.1) is 0 Å². The van der Waals surface area contributed by atoms with E-state index < -0.39 is 5.82 Å². The molecule has 3 nitrogen and oxygen atoms in total. The molecule has 3 rings (SSSR count). The smallest absolute Gasteiger partial charge is 0.142 e. The Kier molecular flexibility index (Phi) is 4.46. The van der Waals surface area contributed by atoms with Crippen LogP contribution in [0.4, 0.5) is 10.1 Å². The number of hydrogen-bond acceptors (Lipinski definition) is 3. The zero-order valence-corrected chi connectivity index (χ0v) is 14.2. The molecule has 0 spiro atoms. The Morgan fingerprint density at radius 1 is 1.35 bits per heavy atom. The Labute approximate surface area is 141 Å². The first-order valence-corrected chi connectivity index (χ1v) is 8.03. The van der Waals surface area contributed by atoms with Gasteiger partial charge in [0.05, 0.1) is 5.02 Å². The largest absolute Gasteiger partial charge is 0.457 e. The van der Waals surface area contributed by atoms with Crippen molar-refractivity contribution in [3.63, 3.8) is 0 Å². The van der Waals surface area contributed by atoms with Crippen LogP contribution in [0.2, 0.25) is 5.02 Å². The van der Waals surface area contributed by atoms with Crippen molar-refractivity contribution in [2.75, 3.05) is 25.5 Å². The topological polar surface area (TPSA) is 24.5 Å². The van der Waals surface area contributed by atoms with Crippen molar-refractivity contribution in [1.29, 1.82) is 0 Å². The molecule has 1 N–H and O–H groups in total. The van der Waals surface area contributed by atoms with Gasteiger partial charge in [0.1, 0.15) is 17.3 Å². The molecule has 0 aromatic heterocycles. The van der Waals surface area contributed by atoms with Gasteiger partial charge in [-0.1, -0.05) is 18.5 Å². The van der Waals surface area contributed by atoms with Crippen molar-refractivity contribution in [1.82, 2.24) is 5.32 Å². The first-order valence-electron chi connectivity index (χ1n) is 7.65. The number of ether oxygens (including phenoxy) is 1. The molecule has 5 heteroatoms. The lowest BCUT2D eigenvalue weighted by Crippen LogP contribution is -2.13. The van der Waals surface area contributed by atoms with E-state index in [1.807, 2.05) is 13.1 Å². The minimum Gasteiger partial charge on any atom is -0.457 e. The van der Waals surface area contributed by atoms with E-state index in [0.29, 0.717) is 18.2 Å². The molecule has 1 heterocycles. The van der Waals surface area contributed by atoms with Crippen molar-refractivity contribution in [3.8, 4) is 11.5 Å². The Hall–Kier alpha value is -1.78. The second kappa shape index (κ2) is 6.38. The number of nitrogens with zero attached hydrogens (tertiary/aromatic N) is 1. The van der Waals surface area contributed by atoms with Gasteiger partial charge in [0, 0.05) is 43.4 Å². The van der Waals surface area contributed by atoms with Crippen molar-refractivity contribution < 1.29 is 9.13 Å². The predicted octanol–water partition coefficient (Wildman–Crippen LogP) is 4.54. The molecule has 1 atom stereocenters.